The normalized spacial score (nSPS) is 22.3. The number of alkyl halides is 3. The van der Waals surface area contributed by atoms with Crippen LogP contribution in [0.2, 0.25) is 0 Å². The summed E-state index contributed by atoms with van der Waals surface area (Å²) in [5.74, 6) is -0.191. The minimum absolute atomic E-state index is 0.191. The van der Waals surface area contributed by atoms with E-state index in [1.807, 2.05) is 0 Å². The molecule has 0 radical (unpaired) electrons. The molecule has 1 fully saturated rings. The van der Waals surface area contributed by atoms with Crippen LogP contribution in [0.4, 0.5) is 18.9 Å². The Bertz CT molecular complexity index is 425. The molecule has 19 heavy (non-hydrogen) atoms. The van der Waals surface area contributed by atoms with Gasteiger partial charge in [-0.05, 0) is 42.5 Å². The number of ether oxygens (including phenoxy) is 1. The molecule has 1 aromatic rings. The number of hydrogen-bond donors (Lipinski definition) is 1. The smallest absolute Gasteiger partial charge is 0.406 e. The highest BCUT2D eigenvalue weighted by molar-refractivity contribution is 5.47. The van der Waals surface area contributed by atoms with Gasteiger partial charge in [-0.2, -0.15) is 0 Å². The summed E-state index contributed by atoms with van der Waals surface area (Å²) in [7, 11) is 0. The maximum atomic E-state index is 12.0. The standard InChI is InChI=1S/C14H18F3NO/c1-13(2)9-3-4-12(13)18-10-5-7-11(8-6-10)19-14(15,16)17/h5-8,12,18H,3-4,9H2,1-2H3. The molecule has 1 atom stereocenters. The summed E-state index contributed by atoms with van der Waals surface area (Å²) in [4.78, 5) is 0. The summed E-state index contributed by atoms with van der Waals surface area (Å²) in [5, 5.41) is 3.38. The van der Waals surface area contributed by atoms with Gasteiger partial charge >= 0.3 is 6.36 Å². The molecule has 1 aromatic carbocycles. The molecule has 1 saturated carbocycles. The predicted octanol–water partition coefficient (Wildman–Crippen LogP) is 4.58. The summed E-state index contributed by atoms with van der Waals surface area (Å²) in [6.07, 6.45) is -1.20. The third-order valence-corrected chi connectivity index (χ3v) is 3.69. The lowest BCUT2D eigenvalue weighted by Gasteiger charge is -2.28. The quantitative estimate of drug-likeness (QED) is 0.870. The number of halogens is 3. The van der Waals surface area contributed by atoms with E-state index in [2.05, 4.69) is 23.9 Å². The molecule has 2 nitrogen and oxygen atoms in total. The van der Waals surface area contributed by atoms with Gasteiger partial charge in [-0.15, -0.1) is 13.2 Å². The van der Waals surface area contributed by atoms with E-state index in [1.54, 1.807) is 12.1 Å². The summed E-state index contributed by atoms with van der Waals surface area (Å²) >= 11 is 0. The van der Waals surface area contributed by atoms with E-state index in [4.69, 9.17) is 0 Å². The minimum Gasteiger partial charge on any atom is -0.406 e. The number of anilines is 1. The largest absolute Gasteiger partial charge is 0.573 e. The van der Waals surface area contributed by atoms with Gasteiger partial charge in [-0.25, -0.2) is 0 Å². The monoisotopic (exact) mass is 273 g/mol. The predicted molar refractivity (Wildman–Crippen MR) is 68.2 cm³/mol. The summed E-state index contributed by atoms with van der Waals surface area (Å²) < 4.78 is 39.9. The molecule has 0 bridgehead atoms. The van der Waals surface area contributed by atoms with Crippen LogP contribution in [0.3, 0.4) is 0 Å². The Kier molecular flexibility index (Phi) is 3.65. The zero-order valence-electron chi connectivity index (χ0n) is 11.1. The molecule has 0 amide bonds. The van der Waals surface area contributed by atoms with Crippen molar-refractivity contribution in [3.63, 3.8) is 0 Å². The van der Waals surface area contributed by atoms with Crippen molar-refractivity contribution in [1.82, 2.24) is 0 Å². The van der Waals surface area contributed by atoms with Gasteiger partial charge in [0, 0.05) is 11.7 Å². The number of rotatable bonds is 3. The molecule has 2 rings (SSSR count). The maximum Gasteiger partial charge on any atom is 0.573 e. The van der Waals surface area contributed by atoms with Gasteiger partial charge in [0.2, 0.25) is 0 Å². The van der Waals surface area contributed by atoms with Gasteiger partial charge in [-0.3, -0.25) is 0 Å². The van der Waals surface area contributed by atoms with E-state index in [0.717, 1.165) is 12.1 Å². The minimum atomic E-state index is -4.64. The van der Waals surface area contributed by atoms with Crippen molar-refractivity contribution in [3.8, 4) is 5.75 Å². The second-order valence-corrected chi connectivity index (χ2v) is 5.65. The third kappa shape index (κ3) is 3.78. The second-order valence-electron chi connectivity index (χ2n) is 5.65. The van der Waals surface area contributed by atoms with E-state index in [9.17, 15) is 13.2 Å². The zero-order valence-corrected chi connectivity index (χ0v) is 11.1. The van der Waals surface area contributed by atoms with E-state index < -0.39 is 6.36 Å². The summed E-state index contributed by atoms with van der Waals surface area (Å²) in [5.41, 5.74) is 1.05. The Morgan fingerprint density at radius 1 is 1.21 bits per heavy atom. The van der Waals surface area contributed by atoms with E-state index in [0.29, 0.717) is 6.04 Å². The fourth-order valence-corrected chi connectivity index (χ4v) is 2.55. The van der Waals surface area contributed by atoms with Crippen LogP contribution < -0.4 is 10.1 Å². The van der Waals surface area contributed by atoms with Gasteiger partial charge in [0.15, 0.2) is 0 Å². The molecule has 1 unspecified atom stereocenters. The molecule has 0 aromatic heterocycles. The van der Waals surface area contributed by atoms with Crippen LogP contribution in [0.15, 0.2) is 24.3 Å². The Morgan fingerprint density at radius 2 is 1.84 bits per heavy atom. The number of nitrogens with one attached hydrogen (secondary N) is 1. The molecule has 1 N–H and O–H groups in total. The highest BCUT2D eigenvalue weighted by Gasteiger charge is 2.34. The van der Waals surface area contributed by atoms with Crippen molar-refractivity contribution >= 4 is 5.69 Å². The summed E-state index contributed by atoms with van der Waals surface area (Å²) in [6, 6.07) is 6.27. The lowest BCUT2D eigenvalue weighted by molar-refractivity contribution is -0.274. The molecular formula is C14H18F3NO. The maximum absolute atomic E-state index is 12.0. The Balaban J connectivity index is 1.99. The average Bonchev–Trinajstić information content (AvgIpc) is 2.59. The average molecular weight is 273 g/mol. The van der Waals surface area contributed by atoms with Crippen molar-refractivity contribution in [1.29, 1.82) is 0 Å². The van der Waals surface area contributed by atoms with Crippen molar-refractivity contribution in [2.45, 2.75) is 45.5 Å². The van der Waals surface area contributed by atoms with Crippen LogP contribution in [0.1, 0.15) is 33.1 Å². The first-order valence-electron chi connectivity index (χ1n) is 6.39. The van der Waals surface area contributed by atoms with Crippen LogP contribution in [0.25, 0.3) is 0 Å². The first-order chi connectivity index (χ1) is 8.76. The first kappa shape index (κ1) is 14.0. The highest BCUT2D eigenvalue weighted by Crippen LogP contribution is 2.39. The lowest BCUT2D eigenvalue weighted by Crippen LogP contribution is -2.30. The van der Waals surface area contributed by atoms with Gasteiger partial charge < -0.3 is 10.1 Å². The molecule has 106 valence electrons. The van der Waals surface area contributed by atoms with Crippen LogP contribution in [-0.2, 0) is 0 Å². The molecule has 0 heterocycles. The van der Waals surface area contributed by atoms with Crippen LogP contribution >= 0.6 is 0 Å². The second kappa shape index (κ2) is 4.94. The Labute approximate surface area is 111 Å². The van der Waals surface area contributed by atoms with E-state index in [1.165, 1.54) is 25.0 Å². The number of benzene rings is 1. The zero-order chi connectivity index (χ0) is 14.1. The molecule has 5 heteroatoms. The van der Waals surface area contributed by atoms with Crippen LogP contribution in [0.5, 0.6) is 5.75 Å². The van der Waals surface area contributed by atoms with Gasteiger partial charge in [0.25, 0.3) is 0 Å². The van der Waals surface area contributed by atoms with E-state index in [-0.39, 0.29) is 11.2 Å². The first-order valence-corrected chi connectivity index (χ1v) is 6.39. The van der Waals surface area contributed by atoms with E-state index >= 15 is 0 Å². The fourth-order valence-electron chi connectivity index (χ4n) is 2.55. The molecule has 0 spiro atoms. The molecule has 0 saturated heterocycles. The fraction of sp³-hybridized carbons (Fsp3) is 0.571. The van der Waals surface area contributed by atoms with Gasteiger partial charge in [0.05, 0.1) is 0 Å². The SMILES string of the molecule is CC1(C)CCCC1Nc1ccc(OC(F)(F)F)cc1. The molecule has 1 aliphatic carbocycles. The van der Waals surface area contributed by atoms with Gasteiger partial charge in [0.1, 0.15) is 5.75 Å². The Hall–Kier alpha value is -1.39. The summed E-state index contributed by atoms with van der Waals surface area (Å²) in [6.45, 7) is 4.41. The van der Waals surface area contributed by atoms with Crippen molar-refractivity contribution in [3.05, 3.63) is 24.3 Å². The molecule has 1 aliphatic rings. The van der Waals surface area contributed by atoms with Crippen molar-refractivity contribution in [2.75, 3.05) is 5.32 Å². The lowest BCUT2D eigenvalue weighted by atomic mass is 9.87. The number of hydrogen-bond acceptors (Lipinski definition) is 2. The van der Waals surface area contributed by atoms with Crippen molar-refractivity contribution in [2.24, 2.45) is 5.41 Å². The van der Waals surface area contributed by atoms with Crippen molar-refractivity contribution < 1.29 is 17.9 Å². The third-order valence-electron chi connectivity index (χ3n) is 3.69. The Morgan fingerprint density at radius 3 is 2.32 bits per heavy atom. The molecule has 0 aliphatic heterocycles. The van der Waals surface area contributed by atoms with Crippen LogP contribution in [-0.4, -0.2) is 12.4 Å². The highest BCUT2D eigenvalue weighted by atomic mass is 19.4. The van der Waals surface area contributed by atoms with Gasteiger partial charge in [-0.1, -0.05) is 20.3 Å². The van der Waals surface area contributed by atoms with Crippen LogP contribution in [0, 0.1) is 5.41 Å². The molecular weight excluding hydrogens is 255 g/mol. The topological polar surface area (TPSA) is 21.3 Å².